The van der Waals surface area contributed by atoms with E-state index in [0.717, 1.165) is 22.1 Å². The summed E-state index contributed by atoms with van der Waals surface area (Å²) in [7, 11) is 13.1. The summed E-state index contributed by atoms with van der Waals surface area (Å²) in [4.78, 5) is 0. The highest BCUT2D eigenvalue weighted by Gasteiger charge is 2.02. The molecule has 0 N–H and O–H groups in total. The second-order valence-corrected chi connectivity index (χ2v) is 4.43. The van der Waals surface area contributed by atoms with Gasteiger partial charge >= 0.3 is 0 Å². The molecule has 0 saturated carbocycles. The summed E-state index contributed by atoms with van der Waals surface area (Å²) < 4.78 is 0. The quantitative estimate of drug-likeness (QED) is 0.656. The zero-order valence-electron chi connectivity index (χ0n) is 10.2. The summed E-state index contributed by atoms with van der Waals surface area (Å²) in [6, 6.07) is 12.4. The van der Waals surface area contributed by atoms with Crippen molar-refractivity contribution in [3.63, 3.8) is 0 Å². The van der Waals surface area contributed by atoms with E-state index in [1.807, 2.05) is 19.1 Å². The van der Waals surface area contributed by atoms with Crippen molar-refractivity contribution in [2.45, 2.75) is 13.8 Å². The smallest absolute Gasteiger partial charge is 0.0972 e. The van der Waals surface area contributed by atoms with Crippen molar-refractivity contribution in [1.82, 2.24) is 0 Å². The molecule has 0 saturated heterocycles. The molecule has 0 heterocycles. The standard InChI is InChI=1S/C14H12B3/c1-9-3-11(7-13(15)5-9)12-4-10(2)6-14(8-12)17-16/h3-8H,1-2H3. The summed E-state index contributed by atoms with van der Waals surface area (Å²) in [6.45, 7) is 4.11. The van der Waals surface area contributed by atoms with E-state index in [9.17, 15) is 0 Å². The Morgan fingerprint density at radius 3 is 2.00 bits per heavy atom. The average Bonchev–Trinajstić information content (AvgIpc) is 2.26. The van der Waals surface area contributed by atoms with Gasteiger partial charge in [-0.3, -0.25) is 0 Å². The van der Waals surface area contributed by atoms with Crippen molar-refractivity contribution in [2.24, 2.45) is 0 Å². The van der Waals surface area contributed by atoms with Gasteiger partial charge in [0.05, 0.1) is 7.17 Å². The molecule has 0 atom stereocenters. The molecule has 17 heavy (non-hydrogen) atoms. The van der Waals surface area contributed by atoms with Gasteiger partial charge in [0, 0.05) is 7.74 Å². The Hall–Kier alpha value is -1.37. The molecule has 0 bridgehead atoms. The van der Waals surface area contributed by atoms with Crippen LogP contribution in [0.4, 0.5) is 0 Å². The van der Waals surface area contributed by atoms with Gasteiger partial charge in [-0.05, 0) is 25.0 Å². The third kappa shape index (κ3) is 2.85. The second kappa shape index (κ2) is 4.87. The monoisotopic (exact) mass is 213 g/mol. The third-order valence-electron chi connectivity index (χ3n) is 2.73. The van der Waals surface area contributed by atoms with Crippen LogP contribution in [0.1, 0.15) is 11.1 Å². The van der Waals surface area contributed by atoms with Gasteiger partial charge in [0.2, 0.25) is 0 Å². The van der Waals surface area contributed by atoms with Crippen LogP contribution in [0.2, 0.25) is 0 Å². The highest BCUT2D eigenvalue weighted by molar-refractivity contribution is 6.97. The van der Waals surface area contributed by atoms with Gasteiger partial charge in [-0.1, -0.05) is 58.5 Å². The van der Waals surface area contributed by atoms with Crippen LogP contribution in [-0.4, -0.2) is 22.8 Å². The van der Waals surface area contributed by atoms with Gasteiger partial charge in [0.1, 0.15) is 7.85 Å². The molecular weight excluding hydrogens is 201 g/mol. The van der Waals surface area contributed by atoms with Crippen LogP contribution < -0.4 is 10.9 Å². The molecule has 0 aliphatic carbocycles. The first-order valence-electron chi connectivity index (χ1n) is 5.62. The van der Waals surface area contributed by atoms with E-state index in [2.05, 4.69) is 31.2 Å². The molecule has 2 aromatic rings. The van der Waals surface area contributed by atoms with Crippen LogP contribution in [0.5, 0.6) is 0 Å². The lowest BCUT2D eigenvalue weighted by Gasteiger charge is -2.09. The number of rotatable bonds is 2. The van der Waals surface area contributed by atoms with Gasteiger partial charge < -0.3 is 0 Å². The van der Waals surface area contributed by atoms with Crippen molar-refractivity contribution < 1.29 is 0 Å². The summed E-state index contributed by atoms with van der Waals surface area (Å²) in [5, 5.41) is 0. The van der Waals surface area contributed by atoms with E-state index in [1.54, 1.807) is 7.17 Å². The van der Waals surface area contributed by atoms with Crippen LogP contribution in [0.3, 0.4) is 0 Å². The molecule has 2 aromatic carbocycles. The molecular formula is C14H12B3. The van der Waals surface area contributed by atoms with E-state index < -0.39 is 0 Å². The minimum absolute atomic E-state index is 0.791. The van der Waals surface area contributed by atoms with Crippen LogP contribution in [0.15, 0.2) is 36.4 Å². The van der Waals surface area contributed by atoms with Crippen molar-refractivity contribution in [1.29, 1.82) is 0 Å². The van der Waals surface area contributed by atoms with Crippen molar-refractivity contribution in [3.05, 3.63) is 47.5 Å². The topological polar surface area (TPSA) is 0 Å². The zero-order chi connectivity index (χ0) is 12.4. The molecule has 0 aliphatic rings. The molecule has 0 aliphatic heterocycles. The first-order valence-corrected chi connectivity index (χ1v) is 5.62. The number of benzene rings is 2. The maximum atomic E-state index is 5.87. The Morgan fingerprint density at radius 1 is 0.824 bits per heavy atom. The van der Waals surface area contributed by atoms with Gasteiger partial charge in [-0.25, -0.2) is 0 Å². The zero-order valence-corrected chi connectivity index (χ0v) is 10.2. The number of hydrogen-bond acceptors (Lipinski definition) is 0. The minimum Gasteiger partial charge on any atom is -0.0972 e. The van der Waals surface area contributed by atoms with Gasteiger partial charge in [0.15, 0.2) is 0 Å². The summed E-state index contributed by atoms with van der Waals surface area (Å²) in [6.07, 6.45) is 0. The molecule has 3 heteroatoms. The van der Waals surface area contributed by atoms with Crippen LogP contribution >= 0.6 is 0 Å². The molecule has 0 nitrogen and oxygen atoms in total. The summed E-state index contributed by atoms with van der Waals surface area (Å²) >= 11 is 0. The SMILES string of the molecule is [B][B]c1cc(C)cc(-c2cc([B])cc(C)c2)c1. The van der Waals surface area contributed by atoms with Gasteiger partial charge in [0.25, 0.3) is 0 Å². The van der Waals surface area contributed by atoms with Crippen molar-refractivity contribution >= 4 is 33.7 Å². The lowest BCUT2D eigenvalue weighted by molar-refractivity contribution is 1.46. The molecule has 0 fully saturated rings. The maximum absolute atomic E-state index is 5.87. The Bertz CT molecular complexity index is 527. The molecule has 0 aromatic heterocycles. The predicted molar refractivity (Wildman–Crippen MR) is 77.9 cm³/mol. The largest absolute Gasteiger partial charge is 0.113 e. The normalized spacial score (nSPS) is 10.2. The minimum atomic E-state index is 0.791. The first-order chi connectivity index (χ1) is 8.08. The molecule has 2 rings (SSSR count). The predicted octanol–water partition coefficient (Wildman–Crippen LogP) is 1.18. The second-order valence-electron chi connectivity index (χ2n) is 4.43. The average molecular weight is 213 g/mol. The fourth-order valence-electron chi connectivity index (χ4n) is 2.06. The highest BCUT2D eigenvalue weighted by Crippen LogP contribution is 2.19. The molecule has 0 unspecified atom stereocenters. The van der Waals surface area contributed by atoms with E-state index in [4.69, 9.17) is 15.6 Å². The lowest BCUT2D eigenvalue weighted by atomic mass is 9.51. The first kappa shape index (κ1) is 12.1. The Balaban J connectivity index is 2.55. The molecule has 77 valence electrons. The fraction of sp³-hybridized carbons (Fsp3) is 0.143. The Kier molecular flexibility index (Phi) is 3.47. The van der Waals surface area contributed by atoms with E-state index in [0.29, 0.717) is 0 Å². The van der Waals surface area contributed by atoms with Crippen LogP contribution in [0.25, 0.3) is 11.1 Å². The van der Waals surface area contributed by atoms with Crippen LogP contribution in [0, 0.1) is 13.8 Å². The maximum Gasteiger partial charge on any atom is 0.113 e. The highest BCUT2D eigenvalue weighted by atomic mass is 14.0. The van der Waals surface area contributed by atoms with E-state index in [1.165, 1.54) is 11.1 Å². The summed E-state index contributed by atoms with van der Waals surface area (Å²) in [5.41, 5.74) is 6.46. The van der Waals surface area contributed by atoms with E-state index in [-0.39, 0.29) is 0 Å². The lowest BCUT2D eigenvalue weighted by Crippen LogP contribution is -2.14. The fourth-order valence-corrected chi connectivity index (χ4v) is 2.06. The summed E-state index contributed by atoms with van der Waals surface area (Å²) in [5.74, 6) is 0. The van der Waals surface area contributed by atoms with E-state index >= 15 is 0 Å². The number of aryl methyl sites for hydroxylation is 2. The Morgan fingerprint density at radius 2 is 1.41 bits per heavy atom. The molecule has 0 amide bonds. The Labute approximate surface area is 106 Å². The van der Waals surface area contributed by atoms with Gasteiger partial charge in [-0.15, -0.1) is 0 Å². The van der Waals surface area contributed by atoms with Crippen molar-refractivity contribution in [2.75, 3.05) is 0 Å². The van der Waals surface area contributed by atoms with Gasteiger partial charge in [-0.2, -0.15) is 0 Å². The molecule has 5 radical (unpaired) electrons. The van der Waals surface area contributed by atoms with Crippen molar-refractivity contribution in [3.8, 4) is 11.1 Å². The molecule has 0 spiro atoms. The third-order valence-corrected chi connectivity index (χ3v) is 2.73. The number of hydrogen-bond donors (Lipinski definition) is 0. The van der Waals surface area contributed by atoms with Crippen LogP contribution in [-0.2, 0) is 0 Å².